The third-order valence-electron chi connectivity index (χ3n) is 4.26. The van der Waals surface area contributed by atoms with Crippen LogP contribution in [0.1, 0.15) is 5.56 Å². The quantitative estimate of drug-likeness (QED) is 0.635. The molecule has 2 aromatic rings. The van der Waals surface area contributed by atoms with Gasteiger partial charge in [0.25, 0.3) is 6.01 Å². The number of nitrogens with zero attached hydrogens (tertiary/aromatic N) is 3. The predicted octanol–water partition coefficient (Wildman–Crippen LogP) is 2.59. The largest absolute Gasteiger partial charge is 0.423 e. The molecule has 106 valence electrons. The third-order valence-corrected chi connectivity index (χ3v) is 4.26. The maximum absolute atomic E-state index is 5.95. The van der Waals surface area contributed by atoms with Crippen LogP contribution >= 0.6 is 0 Å². The van der Waals surface area contributed by atoms with Gasteiger partial charge in [0, 0.05) is 0 Å². The van der Waals surface area contributed by atoms with Gasteiger partial charge in [-0.15, -0.1) is 0 Å². The Hall–Kier alpha value is -1.81. The van der Waals surface area contributed by atoms with Crippen LogP contribution in [-0.4, -0.2) is 49.2 Å². The average molecular weight is 272 g/mol. The molecule has 3 rings (SSSR count). The number of para-hydroxylation sites is 1. The van der Waals surface area contributed by atoms with Gasteiger partial charge in [-0.3, -0.25) is 0 Å². The van der Waals surface area contributed by atoms with Crippen molar-refractivity contribution in [2.75, 3.05) is 44.7 Å². The van der Waals surface area contributed by atoms with Gasteiger partial charge in [-0.1, -0.05) is 18.7 Å². The molecule has 0 spiro atoms. The SMILES string of the molecule is C=CC[N+]1(C)CCN(c2nc3cccc(C)c3o2)CC1. The fourth-order valence-electron chi connectivity index (χ4n) is 2.84. The number of benzene rings is 1. The number of oxazole rings is 1. The number of piperazine rings is 1. The molecule has 1 aromatic carbocycles. The van der Waals surface area contributed by atoms with Crippen molar-refractivity contribution in [2.45, 2.75) is 6.92 Å². The van der Waals surface area contributed by atoms with E-state index in [1.807, 2.05) is 18.2 Å². The van der Waals surface area contributed by atoms with Crippen molar-refractivity contribution < 1.29 is 8.90 Å². The molecule has 0 saturated carbocycles. The lowest BCUT2D eigenvalue weighted by atomic mass is 10.2. The molecule has 4 heteroatoms. The van der Waals surface area contributed by atoms with Crippen LogP contribution in [0.25, 0.3) is 11.1 Å². The Bertz CT molecular complexity index is 624. The number of fused-ring (bicyclic) bond motifs is 1. The second-order valence-electron chi connectivity index (χ2n) is 5.94. The van der Waals surface area contributed by atoms with E-state index in [9.17, 15) is 0 Å². The molecule has 1 aromatic heterocycles. The van der Waals surface area contributed by atoms with Crippen molar-refractivity contribution in [1.29, 1.82) is 0 Å². The number of hydrogen-bond acceptors (Lipinski definition) is 3. The molecule has 0 amide bonds. The lowest BCUT2D eigenvalue weighted by molar-refractivity contribution is -0.904. The van der Waals surface area contributed by atoms with Crippen molar-refractivity contribution in [3.8, 4) is 0 Å². The monoisotopic (exact) mass is 272 g/mol. The molecule has 0 atom stereocenters. The minimum atomic E-state index is 0.763. The highest BCUT2D eigenvalue weighted by Crippen LogP contribution is 2.25. The topological polar surface area (TPSA) is 29.3 Å². The van der Waals surface area contributed by atoms with E-state index in [-0.39, 0.29) is 0 Å². The summed E-state index contributed by atoms with van der Waals surface area (Å²) in [7, 11) is 2.29. The second-order valence-corrected chi connectivity index (χ2v) is 5.94. The Balaban J connectivity index is 1.80. The number of likely N-dealkylation sites (N-methyl/N-ethyl adjacent to an activating group) is 1. The van der Waals surface area contributed by atoms with E-state index in [0.717, 1.165) is 59.9 Å². The molecular formula is C16H22N3O+. The fraction of sp³-hybridized carbons (Fsp3) is 0.438. The molecule has 1 aliphatic rings. The zero-order valence-corrected chi connectivity index (χ0v) is 12.3. The van der Waals surface area contributed by atoms with E-state index < -0.39 is 0 Å². The van der Waals surface area contributed by atoms with E-state index >= 15 is 0 Å². The average Bonchev–Trinajstić information content (AvgIpc) is 2.85. The minimum Gasteiger partial charge on any atom is -0.423 e. The predicted molar refractivity (Wildman–Crippen MR) is 81.9 cm³/mol. The van der Waals surface area contributed by atoms with Gasteiger partial charge in [0.1, 0.15) is 5.52 Å². The molecule has 2 heterocycles. The highest BCUT2D eigenvalue weighted by molar-refractivity contribution is 5.77. The Morgan fingerprint density at radius 1 is 1.40 bits per heavy atom. The van der Waals surface area contributed by atoms with Gasteiger partial charge in [0.05, 0.1) is 39.8 Å². The summed E-state index contributed by atoms with van der Waals surface area (Å²) >= 11 is 0. The van der Waals surface area contributed by atoms with Crippen LogP contribution in [0.2, 0.25) is 0 Å². The zero-order valence-electron chi connectivity index (χ0n) is 12.3. The summed E-state index contributed by atoms with van der Waals surface area (Å²) in [5, 5.41) is 0. The normalized spacial score (nSPS) is 18.4. The third kappa shape index (κ3) is 2.31. The van der Waals surface area contributed by atoms with Crippen LogP contribution in [0.5, 0.6) is 0 Å². The summed E-state index contributed by atoms with van der Waals surface area (Å²) in [4.78, 5) is 6.88. The van der Waals surface area contributed by atoms with Crippen LogP contribution < -0.4 is 4.90 Å². The van der Waals surface area contributed by atoms with Crippen LogP contribution in [0.15, 0.2) is 35.3 Å². The summed E-state index contributed by atoms with van der Waals surface area (Å²) in [6.45, 7) is 11.1. The van der Waals surface area contributed by atoms with Gasteiger partial charge in [-0.05, 0) is 24.6 Å². The maximum atomic E-state index is 5.95. The molecule has 0 N–H and O–H groups in total. The summed E-state index contributed by atoms with van der Waals surface area (Å²) in [6, 6.07) is 6.86. The Labute approximate surface area is 119 Å². The van der Waals surface area contributed by atoms with Gasteiger partial charge in [-0.2, -0.15) is 4.98 Å². The van der Waals surface area contributed by atoms with Crippen LogP contribution in [0, 0.1) is 6.92 Å². The summed E-state index contributed by atoms with van der Waals surface area (Å²) in [5.41, 5.74) is 3.01. The number of aryl methyl sites for hydroxylation is 1. The van der Waals surface area contributed by atoms with Crippen LogP contribution in [-0.2, 0) is 0 Å². The van der Waals surface area contributed by atoms with Gasteiger partial charge >= 0.3 is 0 Å². The Morgan fingerprint density at radius 2 is 2.15 bits per heavy atom. The van der Waals surface area contributed by atoms with Crippen molar-refractivity contribution in [3.05, 3.63) is 36.4 Å². The first-order valence-electron chi connectivity index (χ1n) is 7.17. The summed E-state index contributed by atoms with van der Waals surface area (Å²) in [5.74, 6) is 0. The number of aromatic nitrogens is 1. The molecule has 1 saturated heterocycles. The van der Waals surface area contributed by atoms with E-state index in [1.165, 1.54) is 0 Å². The molecule has 4 nitrogen and oxygen atoms in total. The molecule has 0 radical (unpaired) electrons. The van der Waals surface area contributed by atoms with Crippen molar-refractivity contribution in [2.24, 2.45) is 0 Å². The summed E-state index contributed by atoms with van der Waals surface area (Å²) < 4.78 is 7.01. The van der Waals surface area contributed by atoms with Gasteiger partial charge in [0.2, 0.25) is 0 Å². The highest BCUT2D eigenvalue weighted by atomic mass is 16.4. The number of quaternary nitrogens is 1. The lowest BCUT2D eigenvalue weighted by Gasteiger charge is -2.40. The van der Waals surface area contributed by atoms with Crippen molar-refractivity contribution in [3.63, 3.8) is 0 Å². The van der Waals surface area contributed by atoms with Crippen molar-refractivity contribution in [1.82, 2.24) is 4.98 Å². The van der Waals surface area contributed by atoms with Gasteiger partial charge in [-0.25, -0.2) is 0 Å². The molecule has 0 aliphatic carbocycles. The Morgan fingerprint density at radius 3 is 2.80 bits per heavy atom. The van der Waals surface area contributed by atoms with E-state index in [0.29, 0.717) is 0 Å². The zero-order chi connectivity index (χ0) is 14.2. The van der Waals surface area contributed by atoms with Crippen LogP contribution in [0.4, 0.5) is 6.01 Å². The number of hydrogen-bond donors (Lipinski definition) is 0. The molecule has 0 unspecified atom stereocenters. The first kappa shape index (κ1) is 13.2. The molecule has 20 heavy (non-hydrogen) atoms. The first-order chi connectivity index (χ1) is 9.61. The number of anilines is 1. The lowest BCUT2D eigenvalue weighted by Crippen LogP contribution is -2.57. The maximum Gasteiger partial charge on any atom is 0.298 e. The van der Waals surface area contributed by atoms with E-state index in [2.05, 4.69) is 36.5 Å². The minimum absolute atomic E-state index is 0.763. The highest BCUT2D eigenvalue weighted by Gasteiger charge is 2.29. The van der Waals surface area contributed by atoms with E-state index in [4.69, 9.17) is 4.42 Å². The van der Waals surface area contributed by atoms with Gasteiger partial charge in [0.15, 0.2) is 5.58 Å². The van der Waals surface area contributed by atoms with E-state index in [1.54, 1.807) is 0 Å². The molecular weight excluding hydrogens is 250 g/mol. The Kier molecular flexibility index (Phi) is 3.26. The molecule has 0 bridgehead atoms. The standard InChI is InChI=1S/C16H22N3O/c1-4-10-19(3)11-8-18(9-12-19)16-17-14-7-5-6-13(2)15(14)20-16/h4-7H,1,8-12H2,2-3H3/q+1. The fourth-order valence-corrected chi connectivity index (χ4v) is 2.84. The molecule has 1 aliphatic heterocycles. The molecule has 1 fully saturated rings. The smallest absolute Gasteiger partial charge is 0.298 e. The van der Waals surface area contributed by atoms with Crippen molar-refractivity contribution >= 4 is 17.1 Å². The summed E-state index contributed by atoms with van der Waals surface area (Å²) in [6.07, 6.45) is 2.01. The first-order valence-corrected chi connectivity index (χ1v) is 7.17. The second kappa shape index (κ2) is 4.94. The number of rotatable bonds is 3. The van der Waals surface area contributed by atoms with Gasteiger partial charge < -0.3 is 13.8 Å². The van der Waals surface area contributed by atoms with Crippen LogP contribution in [0.3, 0.4) is 0 Å².